The van der Waals surface area contributed by atoms with E-state index in [1.54, 1.807) is 29.4 Å². The molecular formula is C22H20FN7O2. The van der Waals surface area contributed by atoms with Crippen LogP contribution in [0.25, 0.3) is 11.4 Å². The van der Waals surface area contributed by atoms with Crippen molar-refractivity contribution >= 4 is 5.91 Å². The molecule has 1 aliphatic heterocycles. The molecule has 0 aliphatic carbocycles. The molecule has 1 atom stereocenters. The summed E-state index contributed by atoms with van der Waals surface area (Å²) >= 11 is 0. The highest BCUT2D eigenvalue weighted by atomic mass is 19.1. The molecule has 1 amide bonds. The van der Waals surface area contributed by atoms with Gasteiger partial charge in [0.05, 0.1) is 61.0 Å². The summed E-state index contributed by atoms with van der Waals surface area (Å²) < 4.78 is 20.0. The molecule has 0 N–H and O–H groups in total. The average Bonchev–Trinajstić information content (AvgIpc) is 3.53. The Morgan fingerprint density at radius 3 is 2.50 bits per heavy atom. The van der Waals surface area contributed by atoms with Crippen LogP contribution in [0.1, 0.15) is 15.9 Å². The van der Waals surface area contributed by atoms with Gasteiger partial charge < -0.3 is 9.64 Å². The maximum Gasteiger partial charge on any atom is 0.256 e. The minimum absolute atomic E-state index is 0.142. The molecule has 0 bridgehead atoms. The first-order valence-electron chi connectivity index (χ1n) is 10.2. The van der Waals surface area contributed by atoms with Gasteiger partial charge in [0, 0.05) is 12.6 Å². The maximum atomic E-state index is 14.3. The number of hydrogen-bond donors (Lipinski definition) is 0. The van der Waals surface area contributed by atoms with Gasteiger partial charge in [0.1, 0.15) is 5.82 Å². The van der Waals surface area contributed by atoms with E-state index in [-0.39, 0.29) is 17.8 Å². The predicted octanol–water partition coefficient (Wildman–Crippen LogP) is 2.07. The second kappa shape index (κ2) is 8.67. The molecule has 5 rings (SSSR count). The molecule has 1 fully saturated rings. The third-order valence-electron chi connectivity index (χ3n) is 5.32. The average molecular weight is 433 g/mol. The number of rotatable bonds is 5. The van der Waals surface area contributed by atoms with Gasteiger partial charge in [0.15, 0.2) is 0 Å². The summed E-state index contributed by atoms with van der Waals surface area (Å²) in [4.78, 5) is 18.1. The highest BCUT2D eigenvalue weighted by Gasteiger charge is 2.30. The summed E-state index contributed by atoms with van der Waals surface area (Å²) in [5.74, 6) is -0.531. The van der Waals surface area contributed by atoms with Crippen molar-refractivity contribution in [2.45, 2.75) is 12.5 Å². The van der Waals surface area contributed by atoms with E-state index in [1.807, 2.05) is 18.2 Å². The van der Waals surface area contributed by atoms with Gasteiger partial charge in [-0.05, 0) is 36.2 Å². The number of halogens is 1. The molecule has 2 aromatic heterocycles. The van der Waals surface area contributed by atoms with Crippen LogP contribution in [0.3, 0.4) is 0 Å². The molecule has 32 heavy (non-hydrogen) atoms. The third kappa shape index (κ3) is 4.00. The Morgan fingerprint density at radius 1 is 1.00 bits per heavy atom. The molecule has 1 aliphatic rings. The Bertz CT molecular complexity index is 1210. The lowest BCUT2D eigenvalue weighted by Gasteiger charge is -2.36. The van der Waals surface area contributed by atoms with Gasteiger partial charge in [-0.2, -0.15) is 30.0 Å². The van der Waals surface area contributed by atoms with E-state index >= 15 is 0 Å². The van der Waals surface area contributed by atoms with Crippen LogP contribution in [0.15, 0.2) is 67.3 Å². The third-order valence-corrected chi connectivity index (χ3v) is 5.32. The molecule has 0 spiro atoms. The predicted molar refractivity (Wildman–Crippen MR) is 112 cm³/mol. The van der Waals surface area contributed by atoms with Crippen molar-refractivity contribution in [3.63, 3.8) is 0 Å². The van der Waals surface area contributed by atoms with Gasteiger partial charge in [-0.25, -0.2) is 4.39 Å². The number of amides is 1. The number of hydrogen-bond acceptors (Lipinski definition) is 6. The second-order valence-electron chi connectivity index (χ2n) is 7.40. The van der Waals surface area contributed by atoms with Crippen LogP contribution in [0.4, 0.5) is 4.39 Å². The first-order valence-corrected chi connectivity index (χ1v) is 10.2. The van der Waals surface area contributed by atoms with Gasteiger partial charge in [-0.3, -0.25) is 4.79 Å². The Kier molecular flexibility index (Phi) is 5.42. The van der Waals surface area contributed by atoms with Crippen molar-refractivity contribution in [1.82, 2.24) is 34.9 Å². The lowest BCUT2D eigenvalue weighted by molar-refractivity contribution is -0.00166. The minimum atomic E-state index is -0.389. The number of aromatic nitrogens is 6. The lowest BCUT2D eigenvalue weighted by Crippen LogP contribution is -2.50. The van der Waals surface area contributed by atoms with E-state index in [4.69, 9.17) is 4.74 Å². The fourth-order valence-electron chi connectivity index (χ4n) is 3.90. The normalized spacial score (nSPS) is 16.3. The molecule has 162 valence electrons. The van der Waals surface area contributed by atoms with Gasteiger partial charge in [0.2, 0.25) is 0 Å². The van der Waals surface area contributed by atoms with Crippen LogP contribution in [0, 0.1) is 5.82 Å². The van der Waals surface area contributed by atoms with Gasteiger partial charge in [-0.15, -0.1) is 0 Å². The monoisotopic (exact) mass is 433 g/mol. The van der Waals surface area contributed by atoms with E-state index < -0.39 is 0 Å². The van der Waals surface area contributed by atoms with Gasteiger partial charge >= 0.3 is 0 Å². The molecule has 10 heteroatoms. The summed E-state index contributed by atoms with van der Waals surface area (Å²) in [5.41, 5.74) is 2.35. The summed E-state index contributed by atoms with van der Waals surface area (Å²) in [6.45, 7) is 1.24. The first-order chi connectivity index (χ1) is 15.7. The number of nitrogens with zero attached hydrogens (tertiary/aromatic N) is 7. The zero-order valence-electron chi connectivity index (χ0n) is 17.1. The zero-order chi connectivity index (χ0) is 21.9. The van der Waals surface area contributed by atoms with Crippen LogP contribution in [-0.2, 0) is 11.2 Å². The molecule has 0 radical (unpaired) electrons. The number of carbonyl (C=O) groups excluding carboxylic acids is 1. The SMILES string of the molecule is O=C(c1ccccc1-n1nccn1)N1CCOC[C@H]1Cc1cc(F)cc(-n2nccn2)c1. The highest BCUT2D eigenvalue weighted by molar-refractivity contribution is 5.98. The van der Waals surface area contributed by atoms with E-state index in [2.05, 4.69) is 20.4 Å². The number of morpholine rings is 1. The minimum Gasteiger partial charge on any atom is -0.377 e. The summed E-state index contributed by atoms with van der Waals surface area (Å²) in [6.07, 6.45) is 6.63. The van der Waals surface area contributed by atoms with E-state index in [0.29, 0.717) is 43.1 Å². The van der Waals surface area contributed by atoms with E-state index in [9.17, 15) is 9.18 Å². The van der Waals surface area contributed by atoms with Crippen molar-refractivity contribution in [2.24, 2.45) is 0 Å². The van der Waals surface area contributed by atoms with Crippen LogP contribution >= 0.6 is 0 Å². The Morgan fingerprint density at radius 2 is 1.72 bits per heavy atom. The largest absolute Gasteiger partial charge is 0.377 e. The number of para-hydroxylation sites is 1. The molecule has 0 saturated carbocycles. The van der Waals surface area contributed by atoms with Crippen LogP contribution in [-0.4, -0.2) is 66.6 Å². The lowest BCUT2D eigenvalue weighted by atomic mass is 10.0. The molecule has 1 saturated heterocycles. The smallest absolute Gasteiger partial charge is 0.256 e. The van der Waals surface area contributed by atoms with Crippen molar-refractivity contribution in [2.75, 3.05) is 19.8 Å². The van der Waals surface area contributed by atoms with Crippen molar-refractivity contribution < 1.29 is 13.9 Å². The summed E-state index contributed by atoms with van der Waals surface area (Å²) in [5, 5.41) is 16.5. The number of carbonyl (C=O) groups is 1. The summed E-state index contributed by atoms with van der Waals surface area (Å²) in [7, 11) is 0. The first kappa shape index (κ1) is 20.0. The highest BCUT2D eigenvalue weighted by Crippen LogP contribution is 2.22. The standard InChI is InChI=1S/C22H20FN7O2/c23-17-11-16(12-18(14-17)29-24-5-6-25-29)13-19-15-32-10-9-28(19)22(31)20-3-1-2-4-21(20)30-26-7-8-27-30/h1-8,11-12,14,19H,9-10,13,15H2/t19-/m1/s1. The Hall–Kier alpha value is -3.92. The van der Waals surface area contributed by atoms with E-state index in [0.717, 1.165) is 5.56 Å². The van der Waals surface area contributed by atoms with Crippen LogP contribution in [0.5, 0.6) is 0 Å². The fourth-order valence-corrected chi connectivity index (χ4v) is 3.90. The van der Waals surface area contributed by atoms with Crippen LogP contribution < -0.4 is 0 Å². The van der Waals surface area contributed by atoms with Crippen molar-refractivity contribution in [3.05, 3.63) is 84.2 Å². The molecule has 4 aromatic rings. The topological polar surface area (TPSA) is 91.0 Å². The Balaban J connectivity index is 1.43. The fraction of sp³-hybridized carbons (Fsp3) is 0.227. The summed E-state index contributed by atoms with van der Waals surface area (Å²) in [6, 6.07) is 11.6. The second-order valence-corrected chi connectivity index (χ2v) is 7.40. The van der Waals surface area contributed by atoms with Gasteiger partial charge in [0.25, 0.3) is 5.91 Å². The van der Waals surface area contributed by atoms with Crippen LogP contribution in [0.2, 0.25) is 0 Å². The zero-order valence-corrected chi connectivity index (χ0v) is 17.1. The van der Waals surface area contributed by atoms with Crippen molar-refractivity contribution in [3.8, 4) is 11.4 Å². The maximum absolute atomic E-state index is 14.3. The van der Waals surface area contributed by atoms with Gasteiger partial charge in [-0.1, -0.05) is 12.1 Å². The molecular weight excluding hydrogens is 413 g/mol. The molecule has 9 nitrogen and oxygen atoms in total. The molecule has 2 aromatic carbocycles. The number of ether oxygens (including phenoxy) is 1. The Labute approximate surface area is 183 Å². The molecule has 3 heterocycles. The quantitative estimate of drug-likeness (QED) is 0.479. The van der Waals surface area contributed by atoms with E-state index in [1.165, 1.54) is 34.1 Å². The molecule has 0 unspecified atom stereocenters. The van der Waals surface area contributed by atoms with Crippen molar-refractivity contribution in [1.29, 1.82) is 0 Å². The number of benzene rings is 2.